The summed E-state index contributed by atoms with van der Waals surface area (Å²) >= 11 is 9.19. The van der Waals surface area contributed by atoms with Gasteiger partial charge in [-0.3, -0.25) is 4.98 Å². The number of rotatable bonds is 4. The fourth-order valence-electron chi connectivity index (χ4n) is 1.88. The first kappa shape index (κ1) is 16.4. The van der Waals surface area contributed by atoms with Gasteiger partial charge in [-0.1, -0.05) is 23.7 Å². The zero-order chi connectivity index (χ0) is 15.6. The van der Waals surface area contributed by atoms with Gasteiger partial charge >= 0.3 is 0 Å². The van der Waals surface area contributed by atoms with Crippen molar-refractivity contribution in [3.05, 3.63) is 57.8 Å². The lowest BCUT2D eigenvalue weighted by Crippen LogP contribution is -2.29. The van der Waals surface area contributed by atoms with E-state index < -0.39 is 10.0 Å². The number of hydrogen-bond donors (Lipinski definition) is 0. The summed E-state index contributed by atoms with van der Waals surface area (Å²) < 4.78 is 27.2. The van der Waals surface area contributed by atoms with Gasteiger partial charge in [-0.25, -0.2) is 8.42 Å². The molecule has 1 aromatic carbocycles. The molecule has 0 spiro atoms. The van der Waals surface area contributed by atoms with Crippen molar-refractivity contribution in [2.45, 2.75) is 17.9 Å². The summed E-state index contributed by atoms with van der Waals surface area (Å²) in [5.74, 6) is 0. The lowest BCUT2D eigenvalue weighted by atomic mass is 10.1. The van der Waals surface area contributed by atoms with E-state index in [9.17, 15) is 8.42 Å². The predicted octanol–water partition coefficient (Wildman–Crippen LogP) is 3.88. The van der Waals surface area contributed by atoms with Crippen LogP contribution in [-0.4, -0.2) is 24.8 Å². The SMILES string of the molecule is CC(c1cccc(Cl)c1)N(C)S(=O)(=O)c1cncc(Br)c1. The molecular formula is C14H14BrClN2O2S. The number of pyridine rings is 1. The minimum Gasteiger partial charge on any atom is -0.262 e. The van der Waals surface area contributed by atoms with E-state index in [2.05, 4.69) is 20.9 Å². The molecule has 0 aliphatic heterocycles. The van der Waals surface area contributed by atoms with Crippen LogP contribution in [0.5, 0.6) is 0 Å². The Morgan fingerprint density at radius 2 is 2.00 bits per heavy atom. The second-order valence-corrected chi connectivity index (χ2v) is 7.94. The highest BCUT2D eigenvalue weighted by atomic mass is 79.9. The van der Waals surface area contributed by atoms with E-state index in [1.165, 1.54) is 16.6 Å². The first-order chi connectivity index (χ1) is 9.82. The third-order valence-electron chi connectivity index (χ3n) is 3.23. The molecule has 0 saturated heterocycles. The van der Waals surface area contributed by atoms with E-state index in [4.69, 9.17) is 11.6 Å². The number of benzene rings is 1. The van der Waals surface area contributed by atoms with Crippen molar-refractivity contribution in [3.8, 4) is 0 Å². The van der Waals surface area contributed by atoms with E-state index in [1.54, 1.807) is 31.4 Å². The molecule has 1 aromatic heterocycles. The first-order valence-electron chi connectivity index (χ1n) is 6.16. The van der Waals surface area contributed by atoms with Gasteiger partial charge in [0.05, 0.1) is 0 Å². The third-order valence-corrected chi connectivity index (χ3v) is 5.80. The average molecular weight is 390 g/mol. The number of hydrogen-bond acceptors (Lipinski definition) is 3. The van der Waals surface area contributed by atoms with Gasteiger partial charge in [0.15, 0.2) is 0 Å². The molecule has 2 rings (SSSR count). The van der Waals surface area contributed by atoms with E-state index in [1.807, 2.05) is 13.0 Å². The van der Waals surface area contributed by atoms with E-state index in [-0.39, 0.29) is 10.9 Å². The molecule has 7 heteroatoms. The summed E-state index contributed by atoms with van der Waals surface area (Å²) in [6.07, 6.45) is 2.88. The van der Waals surface area contributed by atoms with Crippen molar-refractivity contribution in [1.29, 1.82) is 0 Å². The monoisotopic (exact) mass is 388 g/mol. The highest BCUT2D eigenvalue weighted by Crippen LogP contribution is 2.27. The fraction of sp³-hybridized carbons (Fsp3) is 0.214. The van der Waals surface area contributed by atoms with E-state index >= 15 is 0 Å². The molecule has 4 nitrogen and oxygen atoms in total. The van der Waals surface area contributed by atoms with Crippen LogP contribution in [-0.2, 0) is 10.0 Å². The van der Waals surface area contributed by atoms with Crippen LogP contribution in [0.15, 0.2) is 52.1 Å². The molecular weight excluding hydrogens is 376 g/mol. The maximum absolute atomic E-state index is 12.6. The van der Waals surface area contributed by atoms with Gasteiger partial charge in [0.25, 0.3) is 0 Å². The number of aromatic nitrogens is 1. The Morgan fingerprint density at radius 1 is 1.29 bits per heavy atom. The van der Waals surface area contributed by atoms with Crippen molar-refractivity contribution in [2.24, 2.45) is 0 Å². The van der Waals surface area contributed by atoms with Gasteiger partial charge in [0.1, 0.15) is 4.90 Å². The minimum atomic E-state index is -3.62. The number of sulfonamides is 1. The molecule has 0 radical (unpaired) electrons. The molecule has 21 heavy (non-hydrogen) atoms. The number of halogens is 2. The Labute approximate surface area is 137 Å². The predicted molar refractivity (Wildman–Crippen MR) is 86.8 cm³/mol. The summed E-state index contributed by atoms with van der Waals surface area (Å²) in [6, 6.07) is 8.36. The van der Waals surface area contributed by atoms with Gasteiger partial charge in [0.2, 0.25) is 10.0 Å². The largest absolute Gasteiger partial charge is 0.262 e. The maximum Gasteiger partial charge on any atom is 0.244 e. The van der Waals surface area contributed by atoms with Crippen LogP contribution >= 0.6 is 27.5 Å². The average Bonchev–Trinajstić information content (AvgIpc) is 2.45. The highest BCUT2D eigenvalue weighted by molar-refractivity contribution is 9.10. The van der Waals surface area contributed by atoms with Gasteiger partial charge < -0.3 is 0 Å². The molecule has 1 unspecified atom stereocenters. The Balaban J connectivity index is 2.36. The molecule has 1 heterocycles. The van der Waals surface area contributed by atoms with Crippen molar-refractivity contribution >= 4 is 37.6 Å². The van der Waals surface area contributed by atoms with Gasteiger partial charge in [-0.05, 0) is 46.6 Å². The lowest BCUT2D eigenvalue weighted by Gasteiger charge is -2.24. The third kappa shape index (κ3) is 3.63. The molecule has 2 aromatic rings. The van der Waals surface area contributed by atoms with Crippen LogP contribution in [0.25, 0.3) is 0 Å². The number of nitrogens with zero attached hydrogens (tertiary/aromatic N) is 2. The summed E-state index contributed by atoms with van der Waals surface area (Å²) in [5.41, 5.74) is 0.830. The van der Waals surface area contributed by atoms with E-state index in [0.29, 0.717) is 9.50 Å². The minimum absolute atomic E-state index is 0.147. The molecule has 1 atom stereocenters. The Kier molecular flexibility index (Phi) is 5.03. The second-order valence-electron chi connectivity index (χ2n) is 4.59. The maximum atomic E-state index is 12.6. The van der Waals surface area contributed by atoms with Crippen LogP contribution in [0.1, 0.15) is 18.5 Å². The summed E-state index contributed by atoms with van der Waals surface area (Å²) in [6.45, 7) is 1.81. The summed E-state index contributed by atoms with van der Waals surface area (Å²) in [4.78, 5) is 4.05. The molecule has 0 fully saturated rings. The smallest absolute Gasteiger partial charge is 0.244 e. The Hall–Kier alpha value is -0.950. The van der Waals surface area contributed by atoms with E-state index in [0.717, 1.165) is 5.56 Å². The van der Waals surface area contributed by atoms with Crippen molar-refractivity contribution in [2.75, 3.05) is 7.05 Å². The second kappa shape index (κ2) is 6.44. The standard InChI is InChI=1S/C14H14BrClN2O2S/c1-10(11-4-3-5-13(16)6-11)18(2)21(19,20)14-7-12(15)8-17-9-14/h3-10H,1-2H3. The molecule has 0 saturated carbocycles. The van der Waals surface area contributed by atoms with Crippen LogP contribution in [0.3, 0.4) is 0 Å². The van der Waals surface area contributed by atoms with Crippen molar-refractivity contribution in [1.82, 2.24) is 9.29 Å². The first-order valence-corrected chi connectivity index (χ1v) is 8.77. The van der Waals surface area contributed by atoms with Crippen LogP contribution in [0, 0.1) is 0 Å². The van der Waals surface area contributed by atoms with Gasteiger partial charge in [-0.2, -0.15) is 4.31 Å². The van der Waals surface area contributed by atoms with Crippen molar-refractivity contribution in [3.63, 3.8) is 0 Å². The van der Waals surface area contributed by atoms with Gasteiger partial charge in [0, 0.05) is 35.0 Å². The molecule has 0 bridgehead atoms. The lowest BCUT2D eigenvalue weighted by molar-refractivity contribution is 0.398. The Morgan fingerprint density at radius 3 is 2.62 bits per heavy atom. The topological polar surface area (TPSA) is 50.3 Å². The van der Waals surface area contributed by atoms with Crippen molar-refractivity contribution < 1.29 is 8.42 Å². The fourth-order valence-corrected chi connectivity index (χ4v) is 3.94. The Bertz CT molecular complexity index is 752. The summed E-state index contributed by atoms with van der Waals surface area (Å²) in [5, 5.41) is 0.578. The van der Waals surface area contributed by atoms with Crippen LogP contribution in [0.2, 0.25) is 5.02 Å². The van der Waals surface area contributed by atoms with Crippen LogP contribution in [0.4, 0.5) is 0 Å². The van der Waals surface area contributed by atoms with Gasteiger partial charge in [-0.15, -0.1) is 0 Å². The summed E-state index contributed by atoms with van der Waals surface area (Å²) in [7, 11) is -2.08. The zero-order valence-corrected chi connectivity index (χ0v) is 14.7. The molecule has 0 amide bonds. The molecule has 0 aliphatic carbocycles. The molecule has 0 aliphatic rings. The molecule has 112 valence electrons. The normalized spacial score (nSPS) is 13.4. The quantitative estimate of drug-likeness (QED) is 0.797. The molecule has 0 N–H and O–H groups in total. The van der Waals surface area contributed by atoms with Crippen LogP contribution < -0.4 is 0 Å². The highest BCUT2D eigenvalue weighted by Gasteiger charge is 2.26. The zero-order valence-electron chi connectivity index (χ0n) is 11.5.